The summed E-state index contributed by atoms with van der Waals surface area (Å²) < 4.78 is 40.4. The SMILES string of the molecule is Cc1c(CNCCN)sc2c1c(=O)n(C1CC1)c(=O)n2CCC(F)(F)F. The lowest BCUT2D eigenvalue weighted by Crippen LogP contribution is -2.39. The van der Waals surface area contributed by atoms with Crippen molar-refractivity contribution in [2.45, 2.75) is 51.5 Å². The van der Waals surface area contributed by atoms with Gasteiger partial charge in [-0.2, -0.15) is 13.2 Å². The fraction of sp³-hybridized carbons (Fsp3) is 0.625. The Balaban J connectivity index is 2.14. The van der Waals surface area contributed by atoms with Gasteiger partial charge < -0.3 is 11.1 Å². The molecule has 1 saturated carbocycles. The molecule has 3 rings (SSSR count). The Morgan fingerprint density at radius 2 is 2.00 bits per heavy atom. The molecule has 0 spiro atoms. The first-order valence-corrected chi connectivity index (χ1v) is 9.31. The van der Waals surface area contributed by atoms with Gasteiger partial charge in [0.2, 0.25) is 0 Å². The molecule has 0 aromatic carbocycles. The van der Waals surface area contributed by atoms with E-state index in [-0.39, 0.29) is 6.04 Å². The molecule has 0 amide bonds. The predicted molar refractivity (Wildman–Crippen MR) is 94.8 cm³/mol. The predicted octanol–water partition coefficient (Wildman–Crippen LogP) is 1.87. The zero-order valence-electron chi connectivity index (χ0n) is 14.4. The second-order valence-electron chi connectivity index (χ2n) is 6.50. The molecule has 2 aromatic rings. The number of hydrogen-bond donors (Lipinski definition) is 2. The zero-order valence-corrected chi connectivity index (χ0v) is 15.2. The molecule has 1 aliphatic carbocycles. The van der Waals surface area contributed by atoms with Gasteiger partial charge in [0.05, 0.1) is 11.8 Å². The topological polar surface area (TPSA) is 82.1 Å². The maximum Gasteiger partial charge on any atom is 0.390 e. The van der Waals surface area contributed by atoms with Gasteiger partial charge in [-0.05, 0) is 25.3 Å². The molecule has 1 fully saturated rings. The fourth-order valence-electron chi connectivity index (χ4n) is 2.97. The third-order valence-corrected chi connectivity index (χ3v) is 5.79. The zero-order chi connectivity index (χ0) is 19.1. The van der Waals surface area contributed by atoms with E-state index in [1.807, 2.05) is 0 Å². The minimum Gasteiger partial charge on any atom is -0.329 e. The lowest BCUT2D eigenvalue weighted by atomic mass is 10.2. The van der Waals surface area contributed by atoms with E-state index in [0.717, 1.165) is 19.6 Å². The number of nitrogens with one attached hydrogen (secondary N) is 1. The number of aryl methyl sites for hydroxylation is 2. The average Bonchev–Trinajstić information content (AvgIpc) is 3.31. The summed E-state index contributed by atoms with van der Waals surface area (Å²) in [6.45, 7) is 2.78. The number of aromatic nitrogens is 2. The molecule has 2 heterocycles. The lowest BCUT2D eigenvalue weighted by Gasteiger charge is -2.12. The van der Waals surface area contributed by atoms with Crippen LogP contribution in [0.2, 0.25) is 0 Å². The Morgan fingerprint density at radius 1 is 1.31 bits per heavy atom. The van der Waals surface area contributed by atoms with Crippen molar-refractivity contribution in [3.05, 3.63) is 31.3 Å². The Kier molecular flexibility index (Phi) is 5.27. The van der Waals surface area contributed by atoms with Crippen LogP contribution in [0.4, 0.5) is 13.2 Å². The second kappa shape index (κ2) is 7.16. The Hall–Kier alpha value is -1.65. The number of rotatable bonds is 7. The largest absolute Gasteiger partial charge is 0.390 e. The molecular weight excluding hydrogens is 369 g/mol. The van der Waals surface area contributed by atoms with Crippen LogP contribution in [0.5, 0.6) is 0 Å². The van der Waals surface area contributed by atoms with Crippen LogP contribution in [-0.2, 0) is 13.1 Å². The van der Waals surface area contributed by atoms with Crippen molar-refractivity contribution in [3.8, 4) is 0 Å². The van der Waals surface area contributed by atoms with Crippen LogP contribution in [0.3, 0.4) is 0 Å². The summed E-state index contributed by atoms with van der Waals surface area (Å²) in [4.78, 5) is 26.7. The summed E-state index contributed by atoms with van der Waals surface area (Å²) in [5.41, 5.74) is 5.13. The highest BCUT2D eigenvalue weighted by Gasteiger charge is 2.32. The summed E-state index contributed by atoms with van der Waals surface area (Å²) in [5.74, 6) is 0. The van der Waals surface area contributed by atoms with Crippen molar-refractivity contribution in [2.75, 3.05) is 13.1 Å². The van der Waals surface area contributed by atoms with E-state index in [2.05, 4.69) is 5.32 Å². The molecule has 3 N–H and O–H groups in total. The monoisotopic (exact) mass is 390 g/mol. The number of fused-ring (bicyclic) bond motifs is 1. The molecule has 0 unspecified atom stereocenters. The van der Waals surface area contributed by atoms with E-state index in [0.29, 0.717) is 42.7 Å². The van der Waals surface area contributed by atoms with Crippen molar-refractivity contribution in [2.24, 2.45) is 5.73 Å². The van der Waals surface area contributed by atoms with E-state index < -0.39 is 30.4 Å². The van der Waals surface area contributed by atoms with Gasteiger partial charge in [0, 0.05) is 37.1 Å². The third kappa shape index (κ3) is 3.72. The molecule has 0 atom stereocenters. The van der Waals surface area contributed by atoms with Crippen molar-refractivity contribution in [1.29, 1.82) is 0 Å². The summed E-state index contributed by atoms with van der Waals surface area (Å²) >= 11 is 1.20. The van der Waals surface area contributed by atoms with E-state index in [4.69, 9.17) is 5.73 Å². The number of alkyl halides is 3. The first kappa shape index (κ1) is 19.1. The normalized spacial score (nSPS) is 15.1. The van der Waals surface area contributed by atoms with Crippen LogP contribution in [0.15, 0.2) is 9.59 Å². The number of halogens is 3. The molecule has 26 heavy (non-hydrogen) atoms. The summed E-state index contributed by atoms with van der Waals surface area (Å²) in [6, 6.07) is -0.199. The number of thiophene rings is 1. The van der Waals surface area contributed by atoms with Crippen LogP contribution in [0.25, 0.3) is 10.2 Å². The molecule has 144 valence electrons. The molecule has 0 saturated heterocycles. The van der Waals surface area contributed by atoms with Crippen molar-refractivity contribution >= 4 is 21.6 Å². The lowest BCUT2D eigenvalue weighted by molar-refractivity contribution is -0.136. The van der Waals surface area contributed by atoms with Gasteiger partial charge in [0.25, 0.3) is 5.56 Å². The highest BCUT2D eigenvalue weighted by Crippen LogP contribution is 2.34. The quantitative estimate of drug-likeness (QED) is 0.707. The Bertz CT molecular complexity index is 925. The van der Waals surface area contributed by atoms with E-state index >= 15 is 0 Å². The third-order valence-electron chi connectivity index (χ3n) is 4.48. The first-order valence-electron chi connectivity index (χ1n) is 8.49. The molecule has 0 bridgehead atoms. The molecule has 1 aliphatic rings. The van der Waals surface area contributed by atoms with Gasteiger partial charge in [-0.3, -0.25) is 13.9 Å². The van der Waals surface area contributed by atoms with Gasteiger partial charge in [-0.25, -0.2) is 4.79 Å². The highest BCUT2D eigenvalue weighted by atomic mass is 32.1. The second-order valence-corrected chi connectivity index (χ2v) is 7.59. The Morgan fingerprint density at radius 3 is 2.58 bits per heavy atom. The van der Waals surface area contributed by atoms with E-state index in [1.165, 1.54) is 11.3 Å². The molecular formula is C16H21F3N4O2S. The maximum atomic E-state index is 12.8. The smallest absolute Gasteiger partial charge is 0.329 e. The standard InChI is InChI=1S/C16H21F3N4O2S/c1-9-11(8-21-6-5-20)26-14-12(9)13(24)23(10-2-3-10)15(25)22(14)7-4-16(17,18)19/h10,21H,2-8,20H2,1H3. The average molecular weight is 390 g/mol. The van der Waals surface area contributed by atoms with Crippen LogP contribution in [-0.4, -0.2) is 28.4 Å². The Labute approximate surface area is 151 Å². The fourth-order valence-corrected chi connectivity index (χ4v) is 4.26. The molecule has 10 heteroatoms. The highest BCUT2D eigenvalue weighted by molar-refractivity contribution is 7.18. The van der Waals surface area contributed by atoms with Gasteiger partial charge in [0.15, 0.2) is 0 Å². The van der Waals surface area contributed by atoms with Gasteiger partial charge in [0.1, 0.15) is 4.83 Å². The maximum absolute atomic E-state index is 12.8. The van der Waals surface area contributed by atoms with Gasteiger partial charge in [-0.1, -0.05) is 0 Å². The van der Waals surface area contributed by atoms with Crippen molar-refractivity contribution < 1.29 is 13.2 Å². The number of hydrogen-bond acceptors (Lipinski definition) is 5. The summed E-state index contributed by atoms with van der Waals surface area (Å²) in [5, 5.41) is 3.48. The molecule has 0 radical (unpaired) electrons. The molecule has 0 aliphatic heterocycles. The van der Waals surface area contributed by atoms with Crippen molar-refractivity contribution in [3.63, 3.8) is 0 Å². The minimum absolute atomic E-state index is 0.199. The number of nitrogens with zero attached hydrogens (tertiary/aromatic N) is 2. The van der Waals surface area contributed by atoms with E-state index in [1.54, 1.807) is 6.92 Å². The first-order chi connectivity index (χ1) is 12.2. The van der Waals surface area contributed by atoms with Gasteiger partial charge >= 0.3 is 11.9 Å². The summed E-state index contributed by atoms with van der Waals surface area (Å²) in [7, 11) is 0. The van der Waals surface area contributed by atoms with Crippen LogP contribution in [0, 0.1) is 6.92 Å². The molecule has 2 aromatic heterocycles. The van der Waals surface area contributed by atoms with E-state index in [9.17, 15) is 22.8 Å². The minimum atomic E-state index is -4.37. The summed E-state index contributed by atoms with van der Waals surface area (Å²) in [6.07, 6.45) is -4.07. The number of nitrogens with two attached hydrogens (primary N) is 1. The van der Waals surface area contributed by atoms with Crippen LogP contribution in [0.1, 0.15) is 35.7 Å². The van der Waals surface area contributed by atoms with Crippen LogP contribution < -0.4 is 22.3 Å². The van der Waals surface area contributed by atoms with Gasteiger partial charge in [-0.15, -0.1) is 11.3 Å². The molecule has 6 nitrogen and oxygen atoms in total. The van der Waals surface area contributed by atoms with Crippen LogP contribution >= 0.6 is 11.3 Å². The van der Waals surface area contributed by atoms with Crippen molar-refractivity contribution in [1.82, 2.24) is 14.5 Å².